The number of carbonyl (C=O) groups excluding carboxylic acids is 1. The van der Waals surface area contributed by atoms with E-state index in [0.29, 0.717) is 10.7 Å². The van der Waals surface area contributed by atoms with Crippen LogP contribution in [-0.2, 0) is 20.9 Å². The predicted octanol–water partition coefficient (Wildman–Crippen LogP) is 3.73. The number of fused-ring (bicyclic) bond motifs is 1. The van der Waals surface area contributed by atoms with E-state index in [4.69, 9.17) is 21.4 Å². The molecule has 0 saturated carbocycles. The number of carbonyl (C=O) groups is 2. The van der Waals surface area contributed by atoms with Crippen molar-refractivity contribution >= 4 is 40.5 Å². The van der Waals surface area contributed by atoms with E-state index >= 15 is 0 Å². The molecule has 1 aromatic heterocycles. The number of carboxylic acids is 1. The van der Waals surface area contributed by atoms with Crippen molar-refractivity contribution in [2.45, 2.75) is 32.9 Å². The molecule has 0 aliphatic carbocycles. The van der Waals surface area contributed by atoms with Crippen LogP contribution in [0.15, 0.2) is 30.3 Å². The summed E-state index contributed by atoms with van der Waals surface area (Å²) >= 11 is 5.99. The first kappa shape index (κ1) is 17.1. The zero-order chi connectivity index (χ0) is 17.2. The van der Waals surface area contributed by atoms with Crippen LogP contribution in [0.2, 0.25) is 5.02 Å². The van der Waals surface area contributed by atoms with Gasteiger partial charge in [-0.25, -0.2) is 4.79 Å². The summed E-state index contributed by atoms with van der Waals surface area (Å²) in [5.41, 5.74) is 0.793. The van der Waals surface area contributed by atoms with Crippen molar-refractivity contribution in [1.29, 1.82) is 0 Å². The highest BCUT2D eigenvalue weighted by molar-refractivity contribution is 6.31. The molecule has 0 bridgehead atoms. The Hall–Kier alpha value is -2.27. The molecule has 0 saturated heterocycles. The van der Waals surface area contributed by atoms with E-state index in [0.717, 1.165) is 17.0 Å². The third-order valence-corrected chi connectivity index (χ3v) is 3.23. The summed E-state index contributed by atoms with van der Waals surface area (Å²) in [5, 5.41) is 10.2. The Bertz CT molecular complexity index is 784. The fraction of sp³-hybridized carbons (Fsp3) is 0.294. The minimum Gasteiger partial charge on any atom is -0.478 e. The highest BCUT2D eigenvalue weighted by atomic mass is 35.5. The van der Waals surface area contributed by atoms with Crippen molar-refractivity contribution in [2.75, 3.05) is 0 Å². The average molecular weight is 336 g/mol. The maximum Gasteiger partial charge on any atom is 0.328 e. The van der Waals surface area contributed by atoms with E-state index in [9.17, 15) is 9.59 Å². The fourth-order valence-electron chi connectivity index (χ4n) is 2.24. The molecule has 0 spiro atoms. The van der Waals surface area contributed by atoms with E-state index < -0.39 is 17.5 Å². The van der Waals surface area contributed by atoms with Crippen molar-refractivity contribution in [1.82, 2.24) is 4.57 Å². The number of rotatable bonds is 4. The number of benzene rings is 1. The van der Waals surface area contributed by atoms with Crippen LogP contribution >= 0.6 is 11.6 Å². The predicted molar refractivity (Wildman–Crippen MR) is 89.5 cm³/mol. The number of aromatic nitrogens is 1. The zero-order valence-corrected chi connectivity index (χ0v) is 13.9. The Labute approximate surface area is 139 Å². The van der Waals surface area contributed by atoms with Gasteiger partial charge in [0.1, 0.15) is 12.1 Å². The number of carboxylic acid groups (broad SMARTS) is 1. The van der Waals surface area contributed by atoms with Gasteiger partial charge in [0.2, 0.25) is 0 Å². The van der Waals surface area contributed by atoms with E-state index in [1.165, 1.54) is 6.08 Å². The van der Waals surface area contributed by atoms with Crippen molar-refractivity contribution in [3.05, 3.63) is 41.1 Å². The van der Waals surface area contributed by atoms with Crippen LogP contribution in [0.1, 0.15) is 26.5 Å². The van der Waals surface area contributed by atoms with E-state index in [1.807, 2.05) is 0 Å². The second-order valence-corrected chi connectivity index (χ2v) is 6.55. The van der Waals surface area contributed by atoms with Crippen LogP contribution in [-0.4, -0.2) is 27.2 Å². The Balaban J connectivity index is 2.44. The molecule has 2 aromatic rings. The molecule has 0 fully saturated rings. The molecule has 0 radical (unpaired) electrons. The lowest BCUT2D eigenvalue weighted by atomic mass is 10.2. The second-order valence-electron chi connectivity index (χ2n) is 6.12. The molecule has 2 rings (SSSR count). The minimum atomic E-state index is -1.06. The van der Waals surface area contributed by atoms with Gasteiger partial charge in [0.05, 0.1) is 0 Å². The van der Waals surface area contributed by atoms with Gasteiger partial charge in [-0.05, 0) is 51.1 Å². The van der Waals surface area contributed by atoms with Gasteiger partial charge in [0.15, 0.2) is 0 Å². The molecule has 23 heavy (non-hydrogen) atoms. The van der Waals surface area contributed by atoms with Gasteiger partial charge in [-0.1, -0.05) is 11.6 Å². The molecule has 0 aliphatic heterocycles. The van der Waals surface area contributed by atoms with E-state index in [1.54, 1.807) is 49.6 Å². The van der Waals surface area contributed by atoms with Gasteiger partial charge in [0, 0.05) is 27.7 Å². The lowest BCUT2D eigenvalue weighted by Crippen LogP contribution is -2.26. The van der Waals surface area contributed by atoms with Crippen molar-refractivity contribution < 1.29 is 19.4 Å². The molecular weight excluding hydrogens is 318 g/mol. The number of ether oxygens (including phenoxy) is 1. The third-order valence-electron chi connectivity index (χ3n) is 3.00. The second kappa shape index (κ2) is 6.46. The highest BCUT2D eigenvalue weighted by Gasteiger charge is 2.18. The average Bonchev–Trinajstić information content (AvgIpc) is 2.71. The van der Waals surface area contributed by atoms with Crippen LogP contribution in [0.4, 0.5) is 0 Å². The van der Waals surface area contributed by atoms with Gasteiger partial charge < -0.3 is 14.4 Å². The summed E-state index contributed by atoms with van der Waals surface area (Å²) in [5.74, 6) is -1.45. The summed E-state index contributed by atoms with van der Waals surface area (Å²) in [6.07, 6.45) is 2.47. The standard InChI is InChI=1S/C17H18ClNO4/c1-17(2,3)23-16(22)10-19-13(5-7-15(20)21)9-11-8-12(18)4-6-14(11)19/h4-9H,10H2,1-3H3,(H,20,21)/b7-5+. The van der Waals surface area contributed by atoms with Crippen LogP contribution < -0.4 is 0 Å². The summed E-state index contributed by atoms with van der Waals surface area (Å²) < 4.78 is 7.05. The summed E-state index contributed by atoms with van der Waals surface area (Å²) in [4.78, 5) is 22.9. The van der Waals surface area contributed by atoms with Crippen LogP contribution in [0.25, 0.3) is 17.0 Å². The molecule has 0 amide bonds. The first-order valence-electron chi connectivity index (χ1n) is 7.07. The molecule has 0 unspecified atom stereocenters. The fourth-order valence-corrected chi connectivity index (χ4v) is 2.42. The normalized spacial score (nSPS) is 12.0. The largest absolute Gasteiger partial charge is 0.478 e. The third kappa shape index (κ3) is 4.60. The van der Waals surface area contributed by atoms with Gasteiger partial charge in [-0.2, -0.15) is 0 Å². The molecule has 5 nitrogen and oxygen atoms in total. The maximum atomic E-state index is 12.1. The molecule has 6 heteroatoms. The Morgan fingerprint density at radius 3 is 2.61 bits per heavy atom. The number of nitrogens with zero attached hydrogens (tertiary/aromatic N) is 1. The summed E-state index contributed by atoms with van der Waals surface area (Å²) in [7, 11) is 0. The number of esters is 1. The number of hydrogen-bond donors (Lipinski definition) is 1. The summed E-state index contributed by atoms with van der Waals surface area (Å²) in [6.45, 7) is 5.37. The first-order valence-corrected chi connectivity index (χ1v) is 7.45. The first-order chi connectivity index (χ1) is 10.7. The van der Waals surface area contributed by atoms with Crippen LogP contribution in [0, 0.1) is 0 Å². The lowest BCUT2D eigenvalue weighted by molar-refractivity contribution is -0.155. The lowest BCUT2D eigenvalue weighted by Gasteiger charge is -2.20. The zero-order valence-electron chi connectivity index (χ0n) is 13.2. The Kier molecular flexibility index (Phi) is 4.80. The molecule has 122 valence electrons. The van der Waals surface area contributed by atoms with Crippen molar-refractivity contribution in [3.8, 4) is 0 Å². The minimum absolute atomic E-state index is 0.0122. The molecule has 1 N–H and O–H groups in total. The van der Waals surface area contributed by atoms with Crippen LogP contribution in [0.5, 0.6) is 0 Å². The topological polar surface area (TPSA) is 68.5 Å². The SMILES string of the molecule is CC(C)(C)OC(=O)Cn1c(/C=C/C(=O)O)cc2cc(Cl)ccc21. The Morgan fingerprint density at radius 1 is 1.30 bits per heavy atom. The van der Waals surface area contributed by atoms with E-state index in [2.05, 4.69) is 0 Å². The summed E-state index contributed by atoms with van der Waals surface area (Å²) in [6, 6.07) is 7.06. The van der Waals surface area contributed by atoms with Crippen LogP contribution in [0.3, 0.4) is 0 Å². The van der Waals surface area contributed by atoms with E-state index in [-0.39, 0.29) is 6.54 Å². The van der Waals surface area contributed by atoms with Gasteiger partial charge in [0.25, 0.3) is 0 Å². The molecule has 1 heterocycles. The molecule has 1 aromatic carbocycles. The smallest absolute Gasteiger partial charge is 0.328 e. The molecular formula is C17H18ClNO4. The Morgan fingerprint density at radius 2 is 2.00 bits per heavy atom. The monoisotopic (exact) mass is 335 g/mol. The highest BCUT2D eigenvalue weighted by Crippen LogP contribution is 2.25. The molecule has 0 atom stereocenters. The number of hydrogen-bond acceptors (Lipinski definition) is 3. The maximum absolute atomic E-state index is 12.1. The number of halogens is 1. The number of aliphatic carboxylic acids is 1. The van der Waals surface area contributed by atoms with Gasteiger partial charge >= 0.3 is 11.9 Å². The van der Waals surface area contributed by atoms with Gasteiger partial charge in [-0.3, -0.25) is 4.79 Å². The quantitative estimate of drug-likeness (QED) is 0.682. The van der Waals surface area contributed by atoms with Crippen molar-refractivity contribution in [2.24, 2.45) is 0 Å². The van der Waals surface area contributed by atoms with Gasteiger partial charge in [-0.15, -0.1) is 0 Å². The molecule has 0 aliphatic rings. The van der Waals surface area contributed by atoms with Crippen molar-refractivity contribution in [3.63, 3.8) is 0 Å².